The van der Waals surface area contributed by atoms with Gasteiger partial charge in [-0.05, 0) is 42.3 Å². The molecule has 0 spiro atoms. The van der Waals surface area contributed by atoms with Gasteiger partial charge in [0.25, 0.3) is 0 Å². The molecule has 0 amide bonds. The van der Waals surface area contributed by atoms with Gasteiger partial charge in [-0.25, -0.2) is 4.39 Å². The number of hydrogen-bond acceptors (Lipinski definition) is 4. The van der Waals surface area contributed by atoms with Gasteiger partial charge in [-0.2, -0.15) is 5.26 Å². The van der Waals surface area contributed by atoms with E-state index in [4.69, 9.17) is 10.00 Å². The number of ether oxygens (including phenoxy) is 1. The maximum Gasteiger partial charge on any atom is 0.136 e. The Bertz CT molecular complexity index is 706. The fourth-order valence-electron chi connectivity index (χ4n) is 2.31. The number of nitrogens with one attached hydrogen (secondary N) is 1. The first-order chi connectivity index (χ1) is 11.0. The second-order valence-corrected chi connectivity index (χ2v) is 5.53. The van der Waals surface area contributed by atoms with Gasteiger partial charge in [0.15, 0.2) is 0 Å². The minimum absolute atomic E-state index is 0.298. The second kappa shape index (κ2) is 7.23. The van der Waals surface area contributed by atoms with E-state index in [-0.39, 0.29) is 5.82 Å². The van der Waals surface area contributed by atoms with E-state index in [1.165, 1.54) is 19.2 Å². The van der Waals surface area contributed by atoms with E-state index in [1.54, 1.807) is 31.2 Å². The molecule has 0 radical (unpaired) electrons. The van der Waals surface area contributed by atoms with Crippen molar-refractivity contribution in [1.29, 1.82) is 5.26 Å². The van der Waals surface area contributed by atoms with E-state index >= 15 is 0 Å². The summed E-state index contributed by atoms with van der Waals surface area (Å²) in [4.78, 5) is 0. The van der Waals surface area contributed by atoms with Crippen LogP contribution in [0.5, 0.6) is 5.75 Å². The third-order valence-corrected chi connectivity index (χ3v) is 3.65. The molecule has 0 heterocycles. The molecule has 0 aliphatic heterocycles. The highest BCUT2D eigenvalue weighted by Crippen LogP contribution is 2.21. The van der Waals surface area contributed by atoms with E-state index in [0.29, 0.717) is 30.0 Å². The summed E-state index contributed by atoms with van der Waals surface area (Å²) in [6.45, 7) is 2.46. The standard InChI is InChI=1S/C18H19FN2O2/c1-18(22,15-4-6-16(19)7-5-15)12-21-11-13-3-8-17(23-2)14(9-13)10-20/h3-9,21-22H,11-12H2,1-2H3. The summed E-state index contributed by atoms with van der Waals surface area (Å²) >= 11 is 0. The molecule has 0 saturated heterocycles. The van der Waals surface area contributed by atoms with Gasteiger partial charge < -0.3 is 15.2 Å². The zero-order valence-corrected chi connectivity index (χ0v) is 13.1. The van der Waals surface area contributed by atoms with Crippen LogP contribution in [0.4, 0.5) is 4.39 Å². The van der Waals surface area contributed by atoms with Gasteiger partial charge in [0.1, 0.15) is 17.6 Å². The van der Waals surface area contributed by atoms with E-state index in [9.17, 15) is 9.50 Å². The average Bonchev–Trinajstić information content (AvgIpc) is 2.55. The molecule has 2 aromatic rings. The number of aliphatic hydroxyl groups is 1. The van der Waals surface area contributed by atoms with Crippen molar-refractivity contribution in [2.45, 2.75) is 19.1 Å². The first-order valence-electron chi connectivity index (χ1n) is 7.22. The Balaban J connectivity index is 1.99. The molecule has 1 atom stereocenters. The van der Waals surface area contributed by atoms with Crippen LogP contribution < -0.4 is 10.1 Å². The van der Waals surface area contributed by atoms with Crippen molar-refractivity contribution in [3.63, 3.8) is 0 Å². The minimum Gasteiger partial charge on any atom is -0.495 e. The van der Waals surface area contributed by atoms with Gasteiger partial charge in [-0.15, -0.1) is 0 Å². The van der Waals surface area contributed by atoms with Gasteiger partial charge in [-0.1, -0.05) is 18.2 Å². The number of benzene rings is 2. The van der Waals surface area contributed by atoms with Crippen LogP contribution in [-0.4, -0.2) is 18.8 Å². The average molecular weight is 314 g/mol. The lowest BCUT2D eigenvalue weighted by molar-refractivity contribution is 0.0566. The Morgan fingerprint density at radius 1 is 1.26 bits per heavy atom. The minimum atomic E-state index is -1.11. The van der Waals surface area contributed by atoms with Gasteiger partial charge in [0.2, 0.25) is 0 Å². The van der Waals surface area contributed by atoms with Crippen LogP contribution in [0.3, 0.4) is 0 Å². The lowest BCUT2D eigenvalue weighted by Crippen LogP contribution is -2.35. The van der Waals surface area contributed by atoms with Crippen LogP contribution in [0.1, 0.15) is 23.6 Å². The molecule has 0 fully saturated rings. The molecule has 5 heteroatoms. The summed E-state index contributed by atoms with van der Waals surface area (Å²) in [6, 6.07) is 13.2. The second-order valence-electron chi connectivity index (χ2n) is 5.53. The highest BCUT2D eigenvalue weighted by atomic mass is 19.1. The highest BCUT2D eigenvalue weighted by molar-refractivity contribution is 5.45. The van der Waals surface area contributed by atoms with Crippen molar-refractivity contribution in [1.82, 2.24) is 5.32 Å². The SMILES string of the molecule is COc1ccc(CNCC(C)(O)c2ccc(F)cc2)cc1C#N. The Hall–Kier alpha value is -2.42. The molecule has 23 heavy (non-hydrogen) atoms. The third kappa shape index (κ3) is 4.28. The lowest BCUT2D eigenvalue weighted by Gasteiger charge is -2.24. The maximum absolute atomic E-state index is 12.9. The predicted octanol–water partition coefficient (Wildman–Crippen LogP) is 2.70. The van der Waals surface area contributed by atoms with Gasteiger partial charge in [-0.3, -0.25) is 0 Å². The lowest BCUT2D eigenvalue weighted by atomic mass is 9.96. The maximum atomic E-state index is 12.9. The summed E-state index contributed by atoms with van der Waals surface area (Å²) in [7, 11) is 1.52. The number of methoxy groups -OCH3 is 1. The molecule has 0 aliphatic rings. The molecule has 2 aromatic carbocycles. The van der Waals surface area contributed by atoms with Crippen molar-refractivity contribution in [2.75, 3.05) is 13.7 Å². The fraction of sp³-hybridized carbons (Fsp3) is 0.278. The molecule has 1 unspecified atom stereocenters. The first-order valence-corrected chi connectivity index (χ1v) is 7.22. The molecule has 2 N–H and O–H groups in total. The van der Waals surface area contributed by atoms with Crippen molar-refractivity contribution < 1.29 is 14.2 Å². The number of halogens is 1. The zero-order valence-electron chi connectivity index (χ0n) is 13.1. The molecule has 2 rings (SSSR count). The fourth-order valence-corrected chi connectivity index (χ4v) is 2.31. The van der Waals surface area contributed by atoms with E-state index in [0.717, 1.165) is 5.56 Å². The van der Waals surface area contributed by atoms with Crippen molar-refractivity contribution in [3.8, 4) is 11.8 Å². The topological polar surface area (TPSA) is 65.3 Å². The monoisotopic (exact) mass is 314 g/mol. The van der Waals surface area contributed by atoms with E-state index in [1.807, 2.05) is 6.07 Å². The highest BCUT2D eigenvalue weighted by Gasteiger charge is 2.22. The Morgan fingerprint density at radius 3 is 2.57 bits per heavy atom. The molecule has 0 aliphatic carbocycles. The normalized spacial score (nSPS) is 13.2. The molecule has 4 nitrogen and oxygen atoms in total. The predicted molar refractivity (Wildman–Crippen MR) is 85.4 cm³/mol. The van der Waals surface area contributed by atoms with Gasteiger partial charge in [0.05, 0.1) is 18.3 Å². The van der Waals surface area contributed by atoms with Gasteiger partial charge in [0, 0.05) is 13.1 Å². The summed E-state index contributed by atoms with van der Waals surface area (Å²) in [6.07, 6.45) is 0. The Kier molecular flexibility index (Phi) is 5.32. The zero-order chi connectivity index (χ0) is 16.9. The third-order valence-electron chi connectivity index (χ3n) is 3.65. The van der Waals surface area contributed by atoms with Crippen molar-refractivity contribution >= 4 is 0 Å². The van der Waals surface area contributed by atoms with E-state index in [2.05, 4.69) is 11.4 Å². The number of hydrogen-bond donors (Lipinski definition) is 2. The smallest absolute Gasteiger partial charge is 0.136 e. The molecular formula is C18H19FN2O2. The van der Waals surface area contributed by atoms with Crippen LogP contribution in [0, 0.1) is 17.1 Å². The number of nitriles is 1. The van der Waals surface area contributed by atoms with Crippen LogP contribution in [-0.2, 0) is 12.1 Å². The Labute approximate surface area is 135 Å². The molecular weight excluding hydrogens is 295 g/mol. The van der Waals surface area contributed by atoms with Crippen LogP contribution in [0.2, 0.25) is 0 Å². The molecule has 0 saturated carbocycles. The summed E-state index contributed by atoms with van der Waals surface area (Å²) in [5, 5.41) is 22.7. The quantitative estimate of drug-likeness (QED) is 0.860. The molecule has 120 valence electrons. The largest absolute Gasteiger partial charge is 0.495 e. The van der Waals surface area contributed by atoms with Gasteiger partial charge >= 0.3 is 0 Å². The summed E-state index contributed by atoms with van der Waals surface area (Å²) in [5.41, 5.74) is 0.909. The number of nitrogens with zero attached hydrogens (tertiary/aromatic N) is 1. The van der Waals surface area contributed by atoms with Crippen molar-refractivity contribution in [2.24, 2.45) is 0 Å². The van der Waals surface area contributed by atoms with Crippen molar-refractivity contribution in [3.05, 3.63) is 65.0 Å². The summed E-state index contributed by atoms with van der Waals surface area (Å²) in [5.74, 6) is 0.203. The van der Waals surface area contributed by atoms with Crippen LogP contribution >= 0.6 is 0 Å². The summed E-state index contributed by atoms with van der Waals surface area (Å²) < 4.78 is 18.1. The molecule has 0 aromatic heterocycles. The van der Waals surface area contributed by atoms with Crippen LogP contribution in [0.25, 0.3) is 0 Å². The first kappa shape index (κ1) is 16.9. The number of rotatable bonds is 6. The Morgan fingerprint density at radius 2 is 1.96 bits per heavy atom. The molecule has 0 bridgehead atoms. The van der Waals surface area contributed by atoms with E-state index < -0.39 is 5.60 Å². The van der Waals surface area contributed by atoms with Crippen LogP contribution in [0.15, 0.2) is 42.5 Å².